The van der Waals surface area contributed by atoms with Crippen LogP contribution in [0.1, 0.15) is 32.0 Å². The Morgan fingerprint density at radius 2 is 1.64 bits per heavy atom. The molecule has 0 bridgehead atoms. The van der Waals surface area contributed by atoms with E-state index >= 15 is 0 Å². The molecule has 2 amide bonds. The van der Waals surface area contributed by atoms with Crippen LogP contribution in [0.2, 0.25) is 0 Å². The van der Waals surface area contributed by atoms with Crippen molar-refractivity contribution >= 4 is 28.3 Å². The van der Waals surface area contributed by atoms with Gasteiger partial charge in [-0.15, -0.1) is 11.3 Å². The normalized spacial score (nSPS) is 10.3. The van der Waals surface area contributed by atoms with Gasteiger partial charge in [0.2, 0.25) is 0 Å². The molecule has 0 aliphatic rings. The minimum Gasteiger partial charge on any atom is -0.348 e. The number of aromatic nitrogens is 1. The van der Waals surface area contributed by atoms with Gasteiger partial charge in [0.15, 0.2) is 5.13 Å². The summed E-state index contributed by atoms with van der Waals surface area (Å²) < 4.78 is 0. The van der Waals surface area contributed by atoms with E-state index in [1.54, 1.807) is 24.3 Å². The van der Waals surface area contributed by atoms with Gasteiger partial charge in [0.1, 0.15) is 0 Å². The topological polar surface area (TPSA) is 71.1 Å². The Kier molecular flexibility index (Phi) is 5.20. The van der Waals surface area contributed by atoms with Crippen LogP contribution in [-0.4, -0.2) is 16.8 Å². The molecule has 6 heteroatoms. The molecule has 5 nitrogen and oxygen atoms in total. The van der Waals surface area contributed by atoms with Crippen molar-refractivity contribution in [1.82, 2.24) is 10.3 Å². The van der Waals surface area contributed by atoms with E-state index in [1.165, 1.54) is 11.3 Å². The first-order valence-electron chi connectivity index (χ1n) is 7.77. The van der Waals surface area contributed by atoms with Crippen LogP contribution in [0.4, 0.5) is 5.13 Å². The maximum absolute atomic E-state index is 12.2. The molecule has 0 saturated heterocycles. The Balaban J connectivity index is 1.56. The summed E-state index contributed by atoms with van der Waals surface area (Å²) in [7, 11) is 0. The van der Waals surface area contributed by atoms with Crippen LogP contribution >= 0.6 is 11.3 Å². The molecule has 0 atom stereocenters. The van der Waals surface area contributed by atoms with E-state index in [2.05, 4.69) is 15.6 Å². The molecule has 0 unspecified atom stereocenters. The smallest absolute Gasteiger partial charge is 0.257 e. The van der Waals surface area contributed by atoms with Crippen molar-refractivity contribution in [2.75, 3.05) is 5.32 Å². The molecule has 3 rings (SSSR count). The number of carbonyl (C=O) groups is 2. The lowest BCUT2D eigenvalue weighted by molar-refractivity contribution is 0.0949. The van der Waals surface area contributed by atoms with E-state index in [0.717, 1.165) is 11.3 Å². The van der Waals surface area contributed by atoms with Crippen LogP contribution in [0.15, 0.2) is 60.0 Å². The molecule has 0 saturated carbocycles. The number of hydrogen-bond acceptors (Lipinski definition) is 4. The summed E-state index contributed by atoms with van der Waals surface area (Å²) in [6.45, 7) is 2.28. The molecule has 1 aromatic heterocycles. The van der Waals surface area contributed by atoms with Gasteiger partial charge in [-0.3, -0.25) is 14.9 Å². The van der Waals surface area contributed by atoms with Crippen molar-refractivity contribution in [2.45, 2.75) is 13.5 Å². The third-order valence-electron chi connectivity index (χ3n) is 3.54. The predicted octanol–water partition coefficient (Wildman–Crippen LogP) is 3.63. The van der Waals surface area contributed by atoms with Gasteiger partial charge in [-0.25, -0.2) is 4.98 Å². The van der Waals surface area contributed by atoms with Crippen molar-refractivity contribution in [2.24, 2.45) is 0 Å². The highest BCUT2D eigenvalue weighted by atomic mass is 32.1. The van der Waals surface area contributed by atoms with Crippen LogP contribution in [-0.2, 0) is 6.54 Å². The number of amides is 2. The second kappa shape index (κ2) is 7.72. The number of rotatable bonds is 5. The average molecular weight is 351 g/mol. The number of anilines is 1. The number of carbonyl (C=O) groups excluding carboxylic acids is 2. The Morgan fingerprint density at radius 3 is 2.28 bits per heavy atom. The van der Waals surface area contributed by atoms with E-state index in [-0.39, 0.29) is 11.8 Å². The zero-order chi connectivity index (χ0) is 17.6. The van der Waals surface area contributed by atoms with Crippen LogP contribution < -0.4 is 10.6 Å². The Morgan fingerprint density at radius 1 is 0.960 bits per heavy atom. The number of nitrogens with one attached hydrogen (secondary N) is 2. The molecule has 0 spiro atoms. The first-order valence-corrected chi connectivity index (χ1v) is 8.65. The first kappa shape index (κ1) is 16.9. The fraction of sp³-hybridized carbons (Fsp3) is 0.105. The maximum Gasteiger partial charge on any atom is 0.257 e. The highest BCUT2D eigenvalue weighted by Crippen LogP contribution is 2.16. The Bertz CT molecular complexity index is 873. The molecule has 25 heavy (non-hydrogen) atoms. The molecule has 0 fully saturated rings. The van der Waals surface area contributed by atoms with Crippen molar-refractivity contribution in [3.8, 4) is 0 Å². The van der Waals surface area contributed by atoms with E-state index in [9.17, 15) is 9.59 Å². The summed E-state index contributed by atoms with van der Waals surface area (Å²) >= 11 is 1.39. The highest BCUT2D eigenvalue weighted by molar-refractivity contribution is 7.13. The largest absolute Gasteiger partial charge is 0.348 e. The molecule has 2 N–H and O–H groups in total. The lowest BCUT2D eigenvalue weighted by Gasteiger charge is -2.07. The molecule has 1 heterocycles. The number of aryl methyl sites for hydroxylation is 1. The number of nitrogens with zero attached hydrogens (tertiary/aromatic N) is 1. The highest BCUT2D eigenvalue weighted by Gasteiger charge is 2.09. The van der Waals surface area contributed by atoms with Crippen molar-refractivity contribution in [3.63, 3.8) is 0 Å². The van der Waals surface area contributed by atoms with E-state index in [4.69, 9.17) is 0 Å². The molecule has 0 radical (unpaired) electrons. The van der Waals surface area contributed by atoms with Gasteiger partial charge in [-0.05, 0) is 36.8 Å². The van der Waals surface area contributed by atoms with Gasteiger partial charge in [-0.1, -0.05) is 30.3 Å². The van der Waals surface area contributed by atoms with Crippen LogP contribution in [0.5, 0.6) is 0 Å². The summed E-state index contributed by atoms with van der Waals surface area (Å²) in [5.41, 5.74) is 2.97. The number of benzene rings is 2. The molecule has 2 aromatic carbocycles. The zero-order valence-electron chi connectivity index (χ0n) is 13.7. The first-order chi connectivity index (χ1) is 12.1. The Hall–Kier alpha value is -2.99. The maximum atomic E-state index is 12.2. The quantitative estimate of drug-likeness (QED) is 0.737. The fourth-order valence-corrected chi connectivity index (χ4v) is 2.91. The van der Waals surface area contributed by atoms with Crippen molar-refractivity contribution in [3.05, 3.63) is 82.4 Å². The molecular formula is C19H17N3O2S. The standard InChI is InChI=1S/C19H17N3O2S/c1-13-12-25-19(21-13)22-18(24)16-9-7-14(8-10-16)11-20-17(23)15-5-3-2-4-6-15/h2-10,12H,11H2,1H3,(H,20,23)(H,21,22,24). The minimum absolute atomic E-state index is 0.124. The third-order valence-corrected chi connectivity index (χ3v) is 4.42. The van der Waals surface area contributed by atoms with Gasteiger partial charge >= 0.3 is 0 Å². The zero-order valence-corrected chi connectivity index (χ0v) is 14.5. The lowest BCUT2D eigenvalue weighted by atomic mass is 10.1. The average Bonchev–Trinajstić information content (AvgIpc) is 3.05. The van der Waals surface area contributed by atoms with Crippen molar-refractivity contribution < 1.29 is 9.59 Å². The Labute approximate surface area is 149 Å². The monoisotopic (exact) mass is 351 g/mol. The molecule has 3 aromatic rings. The van der Waals surface area contributed by atoms with E-state index < -0.39 is 0 Å². The van der Waals surface area contributed by atoms with Crippen LogP contribution in [0.3, 0.4) is 0 Å². The summed E-state index contributed by atoms with van der Waals surface area (Å²) in [4.78, 5) is 28.4. The number of thiazole rings is 1. The van der Waals surface area contributed by atoms with Gasteiger partial charge in [0, 0.05) is 23.1 Å². The van der Waals surface area contributed by atoms with Crippen LogP contribution in [0.25, 0.3) is 0 Å². The minimum atomic E-state index is -0.200. The van der Waals surface area contributed by atoms with Gasteiger partial charge in [0.05, 0.1) is 5.69 Å². The molecular weight excluding hydrogens is 334 g/mol. The van der Waals surface area contributed by atoms with Gasteiger partial charge in [-0.2, -0.15) is 0 Å². The molecule has 126 valence electrons. The van der Waals surface area contributed by atoms with Crippen molar-refractivity contribution in [1.29, 1.82) is 0 Å². The van der Waals surface area contributed by atoms with Gasteiger partial charge in [0.25, 0.3) is 11.8 Å². The second-order valence-corrected chi connectivity index (χ2v) is 6.35. The van der Waals surface area contributed by atoms with E-state index in [1.807, 2.05) is 42.6 Å². The van der Waals surface area contributed by atoms with Gasteiger partial charge < -0.3 is 5.32 Å². The predicted molar refractivity (Wildman–Crippen MR) is 98.9 cm³/mol. The summed E-state index contributed by atoms with van der Waals surface area (Å²) in [6, 6.07) is 16.2. The number of hydrogen-bond donors (Lipinski definition) is 2. The SMILES string of the molecule is Cc1csc(NC(=O)c2ccc(CNC(=O)c3ccccc3)cc2)n1. The third kappa shape index (κ3) is 4.51. The molecule has 0 aliphatic heterocycles. The summed E-state index contributed by atoms with van der Waals surface area (Å²) in [6.07, 6.45) is 0. The lowest BCUT2D eigenvalue weighted by Crippen LogP contribution is -2.22. The second-order valence-electron chi connectivity index (χ2n) is 5.49. The fourth-order valence-electron chi connectivity index (χ4n) is 2.23. The summed E-state index contributed by atoms with van der Waals surface area (Å²) in [5.74, 6) is -0.323. The summed E-state index contributed by atoms with van der Waals surface area (Å²) in [5, 5.41) is 8.10. The van der Waals surface area contributed by atoms with Crippen LogP contribution in [0, 0.1) is 6.92 Å². The molecule has 0 aliphatic carbocycles. The van der Waals surface area contributed by atoms with E-state index in [0.29, 0.717) is 22.8 Å².